The zero-order valence-electron chi connectivity index (χ0n) is 17.9. The molecule has 1 amide bonds. The van der Waals surface area contributed by atoms with Crippen molar-refractivity contribution in [1.82, 2.24) is 23.7 Å². The lowest BCUT2D eigenvalue weighted by Gasteiger charge is -2.34. The summed E-state index contributed by atoms with van der Waals surface area (Å²) in [5.41, 5.74) is 1.49. The minimum atomic E-state index is -3.37. The summed E-state index contributed by atoms with van der Waals surface area (Å²) in [7, 11) is -1.53. The molecule has 0 radical (unpaired) electrons. The van der Waals surface area contributed by atoms with E-state index in [2.05, 4.69) is 10.4 Å². The largest absolute Gasteiger partial charge is 0.349 e. The molecule has 0 spiro atoms. The molecule has 2 aliphatic rings. The number of amides is 1. The molecular weight excluding hydrogens is 390 g/mol. The molecule has 1 aliphatic heterocycles. The number of aryl methyl sites for hydroxylation is 1. The molecule has 0 aromatic carbocycles. The first-order valence-electron chi connectivity index (χ1n) is 10.9. The maximum Gasteiger partial charge on any atom is 0.281 e. The van der Waals surface area contributed by atoms with Gasteiger partial charge in [0.25, 0.3) is 16.1 Å². The molecule has 0 unspecified atom stereocenters. The van der Waals surface area contributed by atoms with E-state index in [0.717, 1.165) is 31.4 Å². The first kappa shape index (κ1) is 22.2. The molecule has 9 heteroatoms. The van der Waals surface area contributed by atoms with Crippen LogP contribution in [0.25, 0.3) is 0 Å². The summed E-state index contributed by atoms with van der Waals surface area (Å²) in [6, 6.07) is 0.282. The molecular formula is C20H35N5O3S. The number of nitrogens with one attached hydrogen (secondary N) is 1. The van der Waals surface area contributed by atoms with Crippen LogP contribution in [0.3, 0.4) is 0 Å². The predicted molar refractivity (Wildman–Crippen MR) is 113 cm³/mol. The average molecular weight is 426 g/mol. The van der Waals surface area contributed by atoms with Crippen molar-refractivity contribution >= 4 is 16.1 Å². The van der Waals surface area contributed by atoms with Crippen molar-refractivity contribution in [3.05, 3.63) is 17.5 Å². The Labute approximate surface area is 174 Å². The second-order valence-electron chi connectivity index (χ2n) is 8.26. The second kappa shape index (κ2) is 9.57. The molecule has 1 aromatic heterocycles. The minimum Gasteiger partial charge on any atom is -0.349 e. The van der Waals surface area contributed by atoms with E-state index in [0.29, 0.717) is 44.1 Å². The maximum absolute atomic E-state index is 12.7. The van der Waals surface area contributed by atoms with Gasteiger partial charge < -0.3 is 5.32 Å². The van der Waals surface area contributed by atoms with E-state index in [4.69, 9.17) is 0 Å². The monoisotopic (exact) mass is 425 g/mol. The van der Waals surface area contributed by atoms with Crippen LogP contribution in [-0.2, 0) is 23.7 Å². The lowest BCUT2D eigenvalue weighted by Crippen LogP contribution is -2.47. The molecule has 1 aromatic rings. The van der Waals surface area contributed by atoms with Crippen molar-refractivity contribution in [3.8, 4) is 0 Å². The molecule has 1 saturated heterocycles. The molecule has 1 aliphatic carbocycles. The Bertz CT molecular complexity index is 789. The van der Waals surface area contributed by atoms with Gasteiger partial charge in [0.15, 0.2) is 0 Å². The van der Waals surface area contributed by atoms with E-state index in [9.17, 15) is 13.2 Å². The SMILES string of the molecule is CCN(CC)S(=O)(=O)N1CCC(Cc2nn(C)cc2C(=O)NC2CCCC2)CC1. The normalized spacial score (nSPS) is 19.9. The molecule has 164 valence electrons. The van der Waals surface area contributed by atoms with Crippen LogP contribution >= 0.6 is 0 Å². The van der Waals surface area contributed by atoms with E-state index in [1.54, 1.807) is 15.2 Å². The third-order valence-electron chi connectivity index (χ3n) is 6.25. The van der Waals surface area contributed by atoms with Crippen LogP contribution in [0, 0.1) is 5.92 Å². The van der Waals surface area contributed by atoms with Gasteiger partial charge in [0.1, 0.15) is 0 Å². The van der Waals surface area contributed by atoms with Gasteiger partial charge in [-0.3, -0.25) is 9.48 Å². The highest BCUT2D eigenvalue weighted by Crippen LogP contribution is 2.26. The van der Waals surface area contributed by atoms with Gasteiger partial charge in [-0.25, -0.2) is 0 Å². The topological polar surface area (TPSA) is 87.5 Å². The third kappa shape index (κ3) is 5.19. The molecule has 2 fully saturated rings. The van der Waals surface area contributed by atoms with Crippen LogP contribution in [0.15, 0.2) is 6.20 Å². The van der Waals surface area contributed by atoms with Crippen LogP contribution < -0.4 is 5.32 Å². The third-order valence-corrected chi connectivity index (χ3v) is 8.44. The van der Waals surface area contributed by atoms with Crippen molar-refractivity contribution in [2.24, 2.45) is 13.0 Å². The minimum absolute atomic E-state index is 0.0263. The van der Waals surface area contributed by atoms with Crippen LogP contribution in [-0.4, -0.2) is 64.9 Å². The number of hydrogen-bond acceptors (Lipinski definition) is 4. The summed E-state index contributed by atoms with van der Waals surface area (Å²) in [6.45, 7) is 5.78. The molecule has 1 saturated carbocycles. The van der Waals surface area contributed by atoms with E-state index in [1.807, 2.05) is 20.9 Å². The molecule has 0 bridgehead atoms. The summed E-state index contributed by atoms with van der Waals surface area (Å²) in [5, 5.41) is 7.69. The van der Waals surface area contributed by atoms with Gasteiger partial charge in [-0.1, -0.05) is 26.7 Å². The van der Waals surface area contributed by atoms with Gasteiger partial charge in [-0.2, -0.15) is 22.1 Å². The Balaban J connectivity index is 1.60. The molecule has 8 nitrogen and oxygen atoms in total. The van der Waals surface area contributed by atoms with E-state index < -0.39 is 10.2 Å². The van der Waals surface area contributed by atoms with Crippen LogP contribution in [0.2, 0.25) is 0 Å². The Morgan fingerprint density at radius 2 is 1.79 bits per heavy atom. The van der Waals surface area contributed by atoms with Gasteiger partial charge in [-0.05, 0) is 38.0 Å². The number of hydrogen-bond donors (Lipinski definition) is 1. The van der Waals surface area contributed by atoms with Crippen molar-refractivity contribution in [1.29, 1.82) is 0 Å². The van der Waals surface area contributed by atoms with Crippen LogP contribution in [0.5, 0.6) is 0 Å². The fourth-order valence-corrected chi connectivity index (χ4v) is 6.19. The zero-order chi connectivity index (χ0) is 21.0. The van der Waals surface area contributed by atoms with Crippen molar-refractivity contribution in [2.45, 2.75) is 64.8 Å². The lowest BCUT2D eigenvalue weighted by molar-refractivity contribution is 0.0936. The van der Waals surface area contributed by atoms with E-state index in [1.165, 1.54) is 17.1 Å². The first-order chi connectivity index (χ1) is 13.8. The van der Waals surface area contributed by atoms with Crippen LogP contribution in [0.4, 0.5) is 0 Å². The highest BCUT2D eigenvalue weighted by Gasteiger charge is 2.32. The fourth-order valence-electron chi connectivity index (χ4n) is 4.54. The van der Waals surface area contributed by atoms with Gasteiger partial charge in [0, 0.05) is 45.5 Å². The fraction of sp³-hybridized carbons (Fsp3) is 0.800. The van der Waals surface area contributed by atoms with Crippen molar-refractivity contribution in [3.63, 3.8) is 0 Å². The smallest absolute Gasteiger partial charge is 0.281 e. The quantitative estimate of drug-likeness (QED) is 0.689. The number of aromatic nitrogens is 2. The molecule has 2 heterocycles. The number of carbonyl (C=O) groups excluding carboxylic acids is 1. The summed E-state index contributed by atoms with van der Waals surface area (Å²) in [5.74, 6) is 0.313. The number of nitrogens with zero attached hydrogens (tertiary/aromatic N) is 4. The predicted octanol–water partition coefficient (Wildman–Crippen LogP) is 1.93. The van der Waals surface area contributed by atoms with E-state index >= 15 is 0 Å². The Morgan fingerprint density at radius 3 is 2.38 bits per heavy atom. The second-order valence-corrected chi connectivity index (χ2v) is 10.2. The Kier molecular flexibility index (Phi) is 7.34. The number of piperidine rings is 1. The van der Waals surface area contributed by atoms with Gasteiger partial charge in [0.05, 0.1) is 11.3 Å². The first-order valence-corrected chi connectivity index (χ1v) is 12.3. The summed E-state index contributed by atoms with van der Waals surface area (Å²) in [4.78, 5) is 12.7. The summed E-state index contributed by atoms with van der Waals surface area (Å²) < 4.78 is 30.2. The maximum atomic E-state index is 12.7. The molecule has 3 rings (SSSR count). The summed E-state index contributed by atoms with van der Waals surface area (Å²) in [6.07, 6.45) is 8.58. The lowest BCUT2D eigenvalue weighted by atomic mass is 9.92. The highest BCUT2D eigenvalue weighted by atomic mass is 32.2. The Morgan fingerprint density at radius 1 is 1.17 bits per heavy atom. The van der Waals surface area contributed by atoms with Crippen LogP contribution in [0.1, 0.15) is 68.4 Å². The Hall–Kier alpha value is -1.45. The average Bonchev–Trinajstić information content (AvgIpc) is 3.32. The van der Waals surface area contributed by atoms with Gasteiger partial charge >= 0.3 is 0 Å². The zero-order valence-corrected chi connectivity index (χ0v) is 18.7. The van der Waals surface area contributed by atoms with E-state index in [-0.39, 0.29) is 11.9 Å². The van der Waals surface area contributed by atoms with Gasteiger partial charge in [0.2, 0.25) is 0 Å². The molecule has 1 N–H and O–H groups in total. The van der Waals surface area contributed by atoms with Gasteiger partial charge in [-0.15, -0.1) is 0 Å². The summed E-state index contributed by atoms with van der Waals surface area (Å²) >= 11 is 0. The van der Waals surface area contributed by atoms with Crippen molar-refractivity contribution < 1.29 is 13.2 Å². The highest BCUT2D eigenvalue weighted by molar-refractivity contribution is 7.86. The number of rotatable bonds is 8. The van der Waals surface area contributed by atoms with Crippen molar-refractivity contribution in [2.75, 3.05) is 26.2 Å². The standard InChI is InChI=1S/C20H35N5O3S/c1-4-24(5-2)29(27,28)25-12-10-16(11-13-25)14-19-18(15-23(3)22-19)20(26)21-17-8-6-7-9-17/h15-17H,4-14H2,1-3H3,(H,21,26). The number of carbonyl (C=O) groups is 1. The molecule has 29 heavy (non-hydrogen) atoms. The molecule has 0 atom stereocenters.